The first-order valence-electron chi connectivity index (χ1n) is 13.2. The lowest BCUT2D eigenvalue weighted by Gasteiger charge is -2.56. The molecule has 0 heterocycles. The summed E-state index contributed by atoms with van der Waals surface area (Å²) in [6, 6.07) is 1.26. The van der Waals surface area contributed by atoms with E-state index in [1.54, 1.807) is 27.7 Å². The molecule has 12 nitrogen and oxygen atoms in total. The minimum Gasteiger partial charge on any atom is -0.507 e. The lowest BCUT2D eigenvalue weighted by atomic mass is 9.49. The standard InChI is InChI=1S/C29H35N3O9/c1-11-15-12(8-10-14(34)31-28(2,3)4)7-9-13(33)17(15)22(35)18-16(11)23(36)20-21(32(5)6)24(37)19(27(30)40)26(39)29(20,41)25(18)38/h7-11,16,18-21,23,33,36,41H,1-6H3,(H2,30,40)(H,31,34)/t11-,16+,18?,19?,20+,21-,23-,29-/m0/s1. The zero-order valence-corrected chi connectivity index (χ0v) is 23.7. The predicted octanol–water partition coefficient (Wildman–Crippen LogP) is -0.673. The van der Waals surface area contributed by atoms with E-state index in [-0.39, 0.29) is 11.1 Å². The topological polar surface area (TPSA) is 204 Å². The van der Waals surface area contributed by atoms with Crippen molar-refractivity contribution in [3.8, 4) is 5.75 Å². The first kappa shape index (κ1) is 30.2. The van der Waals surface area contributed by atoms with Gasteiger partial charge in [-0.25, -0.2) is 0 Å². The normalized spacial score (nSPS) is 33.4. The highest BCUT2D eigenvalue weighted by atomic mass is 16.3. The number of primary amides is 1. The van der Waals surface area contributed by atoms with Crippen molar-refractivity contribution < 1.29 is 44.1 Å². The maximum Gasteiger partial charge on any atom is 0.244 e. The van der Waals surface area contributed by atoms with Crippen LogP contribution in [0.25, 0.3) is 6.08 Å². The van der Waals surface area contributed by atoms with Crippen molar-refractivity contribution in [3.05, 3.63) is 34.9 Å². The van der Waals surface area contributed by atoms with E-state index in [0.29, 0.717) is 5.56 Å². The molecule has 0 bridgehead atoms. The van der Waals surface area contributed by atoms with Gasteiger partial charge in [0.05, 0.1) is 29.5 Å². The number of aliphatic hydroxyl groups is 2. The van der Waals surface area contributed by atoms with Gasteiger partial charge >= 0.3 is 0 Å². The molecule has 6 N–H and O–H groups in total. The van der Waals surface area contributed by atoms with Gasteiger partial charge in [-0.3, -0.25) is 33.7 Å². The van der Waals surface area contributed by atoms with E-state index in [1.165, 1.54) is 43.3 Å². The summed E-state index contributed by atoms with van der Waals surface area (Å²) in [6.07, 6.45) is 0.963. The molecule has 2 saturated carbocycles. The van der Waals surface area contributed by atoms with E-state index >= 15 is 0 Å². The maximum absolute atomic E-state index is 14.0. The number of aliphatic hydroxyl groups excluding tert-OH is 1. The molecule has 3 aliphatic rings. The van der Waals surface area contributed by atoms with Crippen LogP contribution in [0.15, 0.2) is 18.2 Å². The average Bonchev–Trinajstić information content (AvgIpc) is 2.84. The fraction of sp³-hybridized carbons (Fsp3) is 0.517. The number of Topliss-reactive ketones (excluding diaryl/α,β-unsaturated/α-hetero) is 4. The number of nitrogens with zero attached hydrogens (tertiary/aromatic N) is 1. The van der Waals surface area contributed by atoms with Crippen molar-refractivity contribution in [2.75, 3.05) is 14.1 Å². The number of fused-ring (bicyclic) bond motifs is 3. The van der Waals surface area contributed by atoms with Crippen LogP contribution in [0.5, 0.6) is 5.75 Å². The molecule has 220 valence electrons. The number of carbonyl (C=O) groups excluding carboxylic acids is 6. The van der Waals surface area contributed by atoms with Crippen LogP contribution < -0.4 is 11.1 Å². The number of amides is 2. The second-order valence-electron chi connectivity index (χ2n) is 12.4. The third-order valence-electron chi connectivity index (χ3n) is 8.41. The van der Waals surface area contributed by atoms with Crippen LogP contribution in [0.1, 0.15) is 55.1 Å². The highest BCUT2D eigenvalue weighted by Gasteiger charge is 2.73. The van der Waals surface area contributed by atoms with E-state index in [4.69, 9.17) is 5.73 Å². The van der Waals surface area contributed by atoms with Crippen LogP contribution in [0.2, 0.25) is 0 Å². The SMILES string of the molecule is C[C@H]1c2c(C=CC(=O)NC(C)(C)C)ccc(O)c2C(=O)C2C(=O)[C@]3(O)C(=O)C(C(N)=O)C(=O)[C@@H](N(C)C)[C@@H]3[C@@H](O)[C@@H]21. The Bertz CT molecular complexity index is 1410. The Balaban J connectivity index is 1.89. The molecule has 12 heteroatoms. The van der Waals surface area contributed by atoms with Gasteiger partial charge in [-0.05, 0) is 64.1 Å². The fourth-order valence-corrected chi connectivity index (χ4v) is 6.82. The molecule has 1 aromatic rings. The largest absolute Gasteiger partial charge is 0.507 e. The number of nitrogens with one attached hydrogen (secondary N) is 1. The molecule has 2 amide bonds. The van der Waals surface area contributed by atoms with E-state index in [2.05, 4.69) is 5.32 Å². The molecule has 2 unspecified atom stereocenters. The third-order valence-corrected chi connectivity index (χ3v) is 8.41. The van der Waals surface area contributed by atoms with E-state index in [1.807, 2.05) is 0 Å². The molecule has 3 aliphatic carbocycles. The highest BCUT2D eigenvalue weighted by molar-refractivity contribution is 6.32. The van der Waals surface area contributed by atoms with Crippen LogP contribution in [0, 0.1) is 23.7 Å². The van der Waals surface area contributed by atoms with Gasteiger partial charge in [0.1, 0.15) is 5.75 Å². The van der Waals surface area contributed by atoms with Crippen molar-refractivity contribution in [3.63, 3.8) is 0 Å². The van der Waals surface area contributed by atoms with Gasteiger partial charge in [0.2, 0.25) is 11.8 Å². The molecule has 4 rings (SSSR count). The van der Waals surface area contributed by atoms with Gasteiger partial charge in [0.25, 0.3) is 0 Å². The second kappa shape index (κ2) is 9.97. The molecule has 8 atom stereocenters. The summed E-state index contributed by atoms with van der Waals surface area (Å²) in [5.74, 6) is -14.5. The van der Waals surface area contributed by atoms with Crippen molar-refractivity contribution in [1.82, 2.24) is 10.2 Å². The average molecular weight is 570 g/mol. The van der Waals surface area contributed by atoms with Crippen molar-refractivity contribution in [2.45, 2.75) is 56.9 Å². The molecule has 0 saturated heterocycles. The Kier molecular flexibility index (Phi) is 7.35. The number of carbonyl (C=O) groups is 6. The zero-order valence-electron chi connectivity index (χ0n) is 23.7. The Morgan fingerprint density at radius 1 is 1.10 bits per heavy atom. The Labute approximate surface area is 236 Å². The molecule has 0 spiro atoms. The summed E-state index contributed by atoms with van der Waals surface area (Å²) >= 11 is 0. The zero-order chi connectivity index (χ0) is 30.9. The molecule has 0 aromatic heterocycles. The number of phenolic OH excluding ortho intramolecular Hbond substituents is 1. The number of aromatic hydroxyl groups is 1. The van der Waals surface area contributed by atoms with Gasteiger partial charge in [0, 0.05) is 17.5 Å². The van der Waals surface area contributed by atoms with Gasteiger partial charge in [0.15, 0.2) is 34.7 Å². The number of likely N-dealkylation sites (N-methyl/N-ethyl adjacent to an activating group) is 1. The first-order valence-corrected chi connectivity index (χ1v) is 13.2. The monoisotopic (exact) mass is 569 g/mol. The number of hydrogen-bond donors (Lipinski definition) is 5. The lowest BCUT2D eigenvalue weighted by Crippen LogP contribution is -2.77. The lowest BCUT2D eigenvalue weighted by molar-refractivity contribution is -0.196. The number of nitrogens with two attached hydrogens (primary N) is 1. The highest BCUT2D eigenvalue weighted by Crippen LogP contribution is 2.55. The molecule has 0 aliphatic heterocycles. The number of rotatable bonds is 4. The minimum atomic E-state index is -3.06. The quantitative estimate of drug-likeness (QED) is 0.228. The molecule has 1 aromatic carbocycles. The van der Waals surface area contributed by atoms with Gasteiger partial charge in [-0.1, -0.05) is 13.0 Å². The Morgan fingerprint density at radius 2 is 1.71 bits per heavy atom. The van der Waals surface area contributed by atoms with Crippen molar-refractivity contribution in [1.29, 1.82) is 0 Å². The summed E-state index contributed by atoms with van der Waals surface area (Å²) in [7, 11) is 2.85. The number of hydrogen-bond acceptors (Lipinski definition) is 10. The molecule has 0 radical (unpaired) electrons. The smallest absolute Gasteiger partial charge is 0.244 e. The third kappa shape index (κ3) is 4.50. The van der Waals surface area contributed by atoms with E-state index < -0.39 is 93.6 Å². The Morgan fingerprint density at radius 3 is 2.24 bits per heavy atom. The molecular formula is C29H35N3O9. The minimum absolute atomic E-state index is 0.241. The van der Waals surface area contributed by atoms with Crippen LogP contribution >= 0.6 is 0 Å². The van der Waals surface area contributed by atoms with Gasteiger partial charge in [-0.2, -0.15) is 0 Å². The summed E-state index contributed by atoms with van der Waals surface area (Å²) in [6.45, 7) is 7.02. The molecular weight excluding hydrogens is 534 g/mol. The van der Waals surface area contributed by atoms with E-state index in [0.717, 1.165) is 0 Å². The molecule has 2 fully saturated rings. The summed E-state index contributed by atoms with van der Waals surface area (Å²) < 4.78 is 0. The van der Waals surface area contributed by atoms with E-state index in [9.17, 15) is 44.1 Å². The van der Waals surface area contributed by atoms with Gasteiger partial charge in [-0.15, -0.1) is 0 Å². The van der Waals surface area contributed by atoms with Crippen molar-refractivity contribution in [2.24, 2.45) is 29.4 Å². The van der Waals surface area contributed by atoms with Gasteiger partial charge < -0.3 is 26.4 Å². The number of benzene rings is 1. The second-order valence-corrected chi connectivity index (χ2v) is 12.4. The van der Waals surface area contributed by atoms with Crippen LogP contribution in [0.4, 0.5) is 0 Å². The van der Waals surface area contributed by atoms with Crippen LogP contribution in [0.3, 0.4) is 0 Å². The van der Waals surface area contributed by atoms with Crippen LogP contribution in [-0.2, 0) is 24.0 Å². The Hall–Kier alpha value is -3.74. The summed E-state index contributed by atoms with van der Waals surface area (Å²) in [5, 5.41) is 36.9. The van der Waals surface area contributed by atoms with Crippen molar-refractivity contribution >= 4 is 41.0 Å². The predicted molar refractivity (Wildman–Crippen MR) is 144 cm³/mol. The maximum atomic E-state index is 14.0. The van der Waals surface area contributed by atoms with Crippen LogP contribution in [-0.4, -0.2) is 92.5 Å². The fourth-order valence-electron chi connectivity index (χ4n) is 6.82. The number of phenols is 1. The number of ketones is 4. The summed E-state index contributed by atoms with van der Waals surface area (Å²) in [4.78, 5) is 80.4. The first-order chi connectivity index (χ1) is 18.9. The summed E-state index contributed by atoms with van der Waals surface area (Å²) in [5.41, 5.74) is 2.13. The molecule has 41 heavy (non-hydrogen) atoms.